The van der Waals surface area contributed by atoms with Crippen molar-refractivity contribution in [3.8, 4) is 0 Å². The molecule has 0 saturated carbocycles. The van der Waals surface area contributed by atoms with Crippen LogP contribution in [0.15, 0.2) is 28.9 Å². The zero-order valence-corrected chi connectivity index (χ0v) is 17.1. The van der Waals surface area contributed by atoms with E-state index in [2.05, 4.69) is 15.3 Å². The predicted molar refractivity (Wildman–Crippen MR) is 107 cm³/mol. The molecule has 3 heterocycles. The monoisotopic (exact) mass is 473 g/mol. The van der Waals surface area contributed by atoms with Gasteiger partial charge in [0.15, 0.2) is 17.4 Å². The minimum atomic E-state index is -4.94. The van der Waals surface area contributed by atoms with Gasteiger partial charge in [0, 0.05) is 29.1 Å². The fourth-order valence-electron chi connectivity index (χ4n) is 3.30. The van der Waals surface area contributed by atoms with E-state index >= 15 is 0 Å². The summed E-state index contributed by atoms with van der Waals surface area (Å²) in [5, 5.41) is 13.4. The van der Waals surface area contributed by atoms with E-state index in [1.54, 1.807) is 10.2 Å². The van der Waals surface area contributed by atoms with E-state index in [0.29, 0.717) is 19.0 Å². The lowest BCUT2D eigenvalue weighted by Gasteiger charge is -2.35. The van der Waals surface area contributed by atoms with Crippen molar-refractivity contribution in [3.05, 3.63) is 46.7 Å². The number of aryl methyl sites for hydroxylation is 1. The first-order valence-electron chi connectivity index (χ1n) is 9.30. The third-order valence-corrected chi connectivity index (χ3v) is 5.12. The van der Waals surface area contributed by atoms with Crippen molar-refractivity contribution in [3.63, 3.8) is 0 Å². The molecule has 1 aromatic carbocycles. The lowest BCUT2D eigenvalue weighted by molar-refractivity contribution is -0.158. The van der Waals surface area contributed by atoms with Crippen LogP contribution in [0.3, 0.4) is 0 Å². The maximum atomic E-state index is 14.1. The van der Waals surface area contributed by atoms with Crippen LogP contribution in [-0.4, -0.2) is 46.5 Å². The topological polar surface area (TPSA) is 104 Å². The molecule has 1 atom stereocenters. The minimum Gasteiger partial charge on any atom is -0.455 e. The first-order valence-corrected chi connectivity index (χ1v) is 9.68. The summed E-state index contributed by atoms with van der Waals surface area (Å²) in [6, 6.07) is -1.53. The van der Waals surface area contributed by atoms with Gasteiger partial charge in [-0.05, 0) is 19.1 Å². The number of alkyl halides is 3. The minimum absolute atomic E-state index is 0.00380. The molecule has 0 spiro atoms. The molecule has 0 radical (unpaired) electrons. The number of carbonyl (C=O) groups is 1. The second-order valence-corrected chi connectivity index (χ2v) is 7.70. The Bertz CT molecular complexity index is 1160. The molecule has 8 nitrogen and oxygen atoms in total. The average Bonchev–Trinajstić information content (AvgIpc) is 3.00. The lowest BCUT2D eigenvalue weighted by Crippen LogP contribution is -2.51. The van der Waals surface area contributed by atoms with Gasteiger partial charge in [-0.15, -0.1) is 0 Å². The number of nitrogens with one attached hydrogen (secondary N) is 2. The molecule has 0 bridgehead atoms. The molecule has 2 aromatic heterocycles. The third kappa shape index (κ3) is 4.28. The molecule has 32 heavy (non-hydrogen) atoms. The zero-order chi connectivity index (χ0) is 23.2. The third-order valence-electron chi connectivity index (χ3n) is 4.90. The zero-order valence-electron chi connectivity index (χ0n) is 16.4. The van der Waals surface area contributed by atoms with Gasteiger partial charge < -0.3 is 25.1 Å². The van der Waals surface area contributed by atoms with Crippen LogP contribution in [0, 0.1) is 12.7 Å². The number of amides is 2. The molecule has 170 valence electrons. The molecular formula is C19H16ClF4N5O3. The smallest absolute Gasteiger partial charge is 0.416 e. The second kappa shape index (κ2) is 8.10. The molecule has 4 rings (SSSR count). The fraction of sp³-hybridized carbons (Fsp3) is 0.316. The summed E-state index contributed by atoms with van der Waals surface area (Å²) in [7, 11) is 0. The van der Waals surface area contributed by atoms with Crippen molar-refractivity contribution in [2.45, 2.75) is 25.2 Å². The van der Waals surface area contributed by atoms with Gasteiger partial charge in [0.05, 0.1) is 24.2 Å². The predicted octanol–water partition coefficient (Wildman–Crippen LogP) is 3.93. The number of hydrogen-bond donors (Lipinski definition) is 3. The first kappa shape index (κ1) is 22.1. The summed E-state index contributed by atoms with van der Waals surface area (Å²) in [6.45, 7) is 2.04. The number of furan rings is 1. The number of rotatable bonds is 4. The SMILES string of the molecule is Cc1c(C(NC(=O)Nc2cnc(N3CC(O)C3)nc2)C(F)(F)F)oc2c(F)cc(Cl)cc12. The Balaban J connectivity index is 1.53. The van der Waals surface area contributed by atoms with Crippen LogP contribution in [0.4, 0.5) is 34.0 Å². The Labute approximate surface area is 183 Å². The van der Waals surface area contributed by atoms with E-state index < -0.39 is 41.5 Å². The van der Waals surface area contributed by atoms with E-state index in [-0.39, 0.29) is 21.7 Å². The Morgan fingerprint density at radius 2 is 1.97 bits per heavy atom. The van der Waals surface area contributed by atoms with E-state index in [4.69, 9.17) is 16.0 Å². The molecule has 1 aliphatic heterocycles. The lowest BCUT2D eigenvalue weighted by atomic mass is 10.1. The van der Waals surface area contributed by atoms with Crippen molar-refractivity contribution in [2.75, 3.05) is 23.3 Å². The Hall–Kier alpha value is -3.12. The largest absolute Gasteiger partial charge is 0.455 e. The highest BCUT2D eigenvalue weighted by atomic mass is 35.5. The number of halogens is 5. The number of hydrogen-bond acceptors (Lipinski definition) is 6. The molecule has 2 amide bonds. The van der Waals surface area contributed by atoms with Crippen molar-refractivity contribution in [1.82, 2.24) is 15.3 Å². The van der Waals surface area contributed by atoms with E-state index in [1.807, 2.05) is 0 Å². The summed E-state index contributed by atoms with van der Waals surface area (Å²) in [5.74, 6) is -1.26. The average molecular weight is 474 g/mol. The quantitative estimate of drug-likeness (QED) is 0.496. The fourth-order valence-corrected chi connectivity index (χ4v) is 3.50. The first-order chi connectivity index (χ1) is 15.0. The van der Waals surface area contributed by atoms with Gasteiger partial charge in [-0.1, -0.05) is 11.6 Å². The second-order valence-electron chi connectivity index (χ2n) is 7.26. The van der Waals surface area contributed by atoms with Crippen LogP contribution in [0.25, 0.3) is 11.0 Å². The number of anilines is 2. The standard InChI is InChI=1S/C19H16ClF4N5O3/c1-8-12-2-9(20)3-13(21)15(12)32-14(8)16(19(22,23)24)28-18(31)27-10-4-25-17(26-5-10)29-6-11(30)7-29/h2-5,11,16,30H,6-7H2,1H3,(H2,27,28,31). The van der Waals surface area contributed by atoms with Crippen LogP contribution < -0.4 is 15.5 Å². The van der Waals surface area contributed by atoms with Gasteiger partial charge in [-0.2, -0.15) is 13.2 Å². The molecule has 1 fully saturated rings. The van der Waals surface area contributed by atoms with E-state index in [0.717, 1.165) is 6.07 Å². The Morgan fingerprint density at radius 1 is 1.31 bits per heavy atom. The molecule has 0 aliphatic carbocycles. The van der Waals surface area contributed by atoms with Gasteiger partial charge in [-0.3, -0.25) is 0 Å². The van der Waals surface area contributed by atoms with E-state index in [9.17, 15) is 27.5 Å². The van der Waals surface area contributed by atoms with Gasteiger partial charge >= 0.3 is 12.2 Å². The van der Waals surface area contributed by atoms with Crippen molar-refractivity contribution >= 4 is 40.2 Å². The van der Waals surface area contributed by atoms with E-state index in [1.165, 1.54) is 25.4 Å². The number of carbonyl (C=O) groups excluding carboxylic acids is 1. The number of aliphatic hydroxyl groups is 1. The van der Waals surface area contributed by atoms with Crippen LogP contribution in [0.2, 0.25) is 5.02 Å². The molecule has 1 unspecified atom stereocenters. The van der Waals surface area contributed by atoms with Crippen molar-refractivity contribution in [1.29, 1.82) is 0 Å². The van der Waals surface area contributed by atoms with Gasteiger partial charge in [0.2, 0.25) is 5.95 Å². The molecule has 1 saturated heterocycles. The Kier molecular flexibility index (Phi) is 5.59. The van der Waals surface area contributed by atoms with Gasteiger partial charge in [0.25, 0.3) is 0 Å². The molecule has 3 aromatic rings. The van der Waals surface area contributed by atoms with Crippen molar-refractivity contribution < 1.29 is 31.9 Å². The molecule has 3 N–H and O–H groups in total. The van der Waals surface area contributed by atoms with Gasteiger partial charge in [-0.25, -0.2) is 19.2 Å². The number of nitrogens with zero attached hydrogens (tertiary/aromatic N) is 3. The van der Waals surface area contributed by atoms with Crippen LogP contribution in [-0.2, 0) is 0 Å². The van der Waals surface area contributed by atoms with Gasteiger partial charge in [0.1, 0.15) is 5.76 Å². The number of aromatic nitrogens is 2. The summed E-state index contributed by atoms with van der Waals surface area (Å²) in [5.41, 5.74) is -0.348. The summed E-state index contributed by atoms with van der Waals surface area (Å²) < 4.78 is 60.5. The highest BCUT2D eigenvalue weighted by Gasteiger charge is 2.45. The normalized spacial score (nSPS) is 15.5. The van der Waals surface area contributed by atoms with Crippen LogP contribution >= 0.6 is 11.6 Å². The number of benzene rings is 1. The van der Waals surface area contributed by atoms with Crippen LogP contribution in [0.1, 0.15) is 17.4 Å². The number of aliphatic hydroxyl groups excluding tert-OH is 1. The maximum absolute atomic E-state index is 14.1. The summed E-state index contributed by atoms with van der Waals surface area (Å²) >= 11 is 5.79. The maximum Gasteiger partial charge on any atom is 0.416 e. The molecule has 1 aliphatic rings. The summed E-state index contributed by atoms with van der Waals surface area (Å²) in [4.78, 5) is 21.9. The number of β-amino-alcohol motifs (C(OH)–C–C–N with tert-alkyl or cyclic N) is 1. The molecule has 13 heteroatoms. The number of fused-ring (bicyclic) bond motifs is 1. The van der Waals surface area contributed by atoms with Crippen molar-refractivity contribution in [2.24, 2.45) is 0 Å². The Morgan fingerprint density at radius 3 is 2.56 bits per heavy atom. The van der Waals surface area contributed by atoms with Crippen LogP contribution in [0.5, 0.6) is 0 Å². The highest BCUT2D eigenvalue weighted by Crippen LogP contribution is 2.39. The highest BCUT2D eigenvalue weighted by molar-refractivity contribution is 6.31. The molecular weight excluding hydrogens is 458 g/mol. The number of urea groups is 1. The summed E-state index contributed by atoms with van der Waals surface area (Å²) in [6.07, 6.45) is -2.96.